The fourth-order valence-corrected chi connectivity index (χ4v) is 3.57. The zero-order valence-corrected chi connectivity index (χ0v) is 18.1. The molecule has 2 aliphatic heterocycles. The number of hydrogen-bond acceptors (Lipinski definition) is 4. The molecule has 0 radical (unpaired) electrons. The standard InChI is InChI=1S/C23H23ClN4O3/c1-15(2)17-6-8-19(9-7-17)25-21(29)20-14-28-11-10-27(22(30)26-23(28)31-20)13-16-4-3-5-18(24)12-16/h3-9,12,14-15H,10-11,13H2,1-2H3,(H,25,29). The average Bonchev–Trinajstić information content (AvgIpc) is 3.08. The molecule has 0 aromatic heterocycles. The van der Waals surface area contributed by atoms with E-state index < -0.39 is 11.9 Å². The number of amides is 3. The molecule has 8 heteroatoms. The van der Waals surface area contributed by atoms with E-state index in [-0.39, 0.29) is 11.8 Å². The van der Waals surface area contributed by atoms with Crippen molar-refractivity contribution in [2.24, 2.45) is 4.99 Å². The summed E-state index contributed by atoms with van der Waals surface area (Å²) < 4.78 is 5.59. The number of nitrogens with zero attached hydrogens (tertiary/aromatic N) is 3. The van der Waals surface area contributed by atoms with Gasteiger partial charge in [0.25, 0.3) is 5.91 Å². The number of ether oxygens (including phenoxy) is 1. The molecule has 0 bridgehead atoms. The highest BCUT2D eigenvalue weighted by Gasteiger charge is 2.31. The van der Waals surface area contributed by atoms with Crippen LogP contribution in [0.1, 0.15) is 30.9 Å². The number of amidine groups is 1. The van der Waals surface area contributed by atoms with Crippen molar-refractivity contribution in [3.8, 4) is 0 Å². The normalized spacial score (nSPS) is 15.8. The van der Waals surface area contributed by atoms with Crippen molar-refractivity contribution in [3.05, 3.63) is 76.6 Å². The van der Waals surface area contributed by atoms with Crippen LogP contribution in [0.15, 0.2) is 65.5 Å². The molecule has 2 heterocycles. The van der Waals surface area contributed by atoms with Crippen LogP contribution in [0.2, 0.25) is 5.02 Å². The monoisotopic (exact) mass is 438 g/mol. The van der Waals surface area contributed by atoms with Crippen LogP contribution >= 0.6 is 11.6 Å². The van der Waals surface area contributed by atoms with E-state index in [1.54, 1.807) is 22.1 Å². The Morgan fingerprint density at radius 2 is 1.97 bits per heavy atom. The Morgan fingerprint density at radius 3 is 2.68 bits per heavy atom. The van der Waals surface area contributed by atoms with Crippen LogP contribution in [-0.2, 0) is 16.1 Å². The van der Waals surface area contributed by atoms with Crippen molar-refractivity contribution in [2.45, 2.75) is 26.3 Å². The van der Waals surface area contributed by atoms with Crippen LogP contribution in [0.25, 0.3) is 0 Å². The van der Waals surface area contributed by atoms with E-state index in [0.717, 1.165) is 5.56 Å². The van der Waals surface area contributed by atoms with Crippen molar-refractivity contribution in [1.82, 2.24) is 9.80 Å². The first-order valence-electron chi connectivity index (χ1n) is 10.1. The number of fused-ring (bicyclic) bond motifs is 1. The maximum Gasteiger partial charge on any atom is 0.348 e. The zero-order chi connectivity index (χ0) is 22.0. The predicted octanol–water partition coefficient (Wildman–Crippen LogP) is 4.57. The Balaban J connectivity index is 1.40. The molecule has 3 amide bonds. The number of carbonyl (C=O) groups is 2. The number of nitrogens with one attached hydrogen (secondary N) is 1. The molecule has 4 rings (SSSR count). The summed E-state index contributed by atoms with van der Waals surface area (Å²) in [7, 11) is 0. The molecular weight excluding hydrogens is 416 g/mol. The Morgan fingerprint density at radius 1 is 1.19 bits per heavy atom. The summed E-state index contributed by atoms with van der Waals surface area (Å²) in [4.78, 5) is 32.5. The molecule has 0 unspecified atom stereocenters. The van der Waals surface area contributed by atoms with Crippen LogP contribution in [0.4, 0.5) is 10.5 Å². The highest BCUT2D eigenvalue weighted by atomic mass is 35.5. The van der Waals surface area contributed by atoms with E-state index >= 15 is 0 Å². The van der Waals surface area contributed by atoms with Crippen LogP contribution in [0.3, 0.4) is 0 Å². The minimum atomic E-state index is -0.420. The van der Waals surface area contributed by atoms with E-state index in [4.69, 9.17) is 16.3 Å². The summed E-state index contributed by atoms with van der Waals surface area (Å²) in [5.41, 5.74) is 2.78. The summed E-state index contributed by atoms with van der Waals surface area (Å²) >= 11 is 6.03. The molecule has 0 atom stereocenters. The van der Waals surface area contributed by atoms with Gasteiger partial charge in [0.1, 0.15) is 0 Å². The van der Waals surface area contributed by atoms with Crippen molar-refractivity contribution in [1.29, 1.82) is 0 Å². The first kappa shape index (κ1) is 20.9. The molecule has 7 nitrogen and oxygen atoms in total. The number of hydrogen-bond donors (Lipinski definition) is 1. The van der Waals surface area contributed by atoms with Gasteiger partial charge in [0.05, 0.1) is 6.20 Å². The molecule has 1 N–H and O–H groups in total. The Labute approximate surface area is 186 Å². The third kappa shape index (κ3) is 4.88. The molecule has 160 valence electrons. The van der Waals surface area contributed by atoms with Crippen LogP contribution < -0.4 is 5.32 Å². The van der Waals surface area contributed by atoms with E-state index in [2.05, 4.69) is 24.2 Å². The van der Waals surface area contributed by atoms with E-state index in [1.165, 1.54) is 5.56 Å². The van der Waals surface area contributed by atoms with Gasteiger partial charge in [-0.1, -0.05) is 49.7 Å². The molecule has 0 spiro atoms. The first-order valence-corrected chi connectivity index (χ1v) is 10.5. The van der Waals surface area contributed by atoms with Crippen molar-refractivity contribution in [2.75, 3.05) is 18.4 Å². The number of benzene rings is 2. The lowest BCUT2D eigenvalue weighted by atomic mass is 10.0. The molecule has 2 aliphatic rings. The maximum absolute atomic E-state index is 12.6. The summed E-state index contributed by atoms with van der Waals surface area (Å²) in [5, 5.41) is 3.43. The van der Waals surface area contributed by atoms with Gasteiger partial charge in [-0.2, -0.15) is 0 Å². The minimum Gasteiger partial charge on any atom is -0.418 e. The lowest BCUT2D eigenvalue weighted by molar-refractivity contribution is -0.114. The van der Waals surface area contributed by atoms with Crippen LogP contribution in [0, 0.1) is 0 Å². The smallest absolute Gasteiger partial charge is 0.348 e. The molecule has 2 aromatic rings. The largest absolute Gasteiger partial charge is 0.418 e. The molecule has 0 aliphatic carbocycles. The van der Waals surface area contributed by atoms with Crippen molar-refractivity contribution < 1.29 is 14.3 Å². The van der Waals surface area contributed by atoms with Crippen molar-refractivity contribution in [3.63, 3.8) is 0 Å². The van der Waals surface area contributed by atoms with Gasteiger partial charge in [0.15, 0.2) is 0 Å². The second-order valence-corrected chi connectivity index (χ2v) is 8.18. The van der Waals surface area contributed by atoms with Gasteiger partial charge in [-0.25, -0.2) is 4.79 Å². The van der Waals surface area contributed by atoms with Gasteiger partial charge >= 0.3 is 12.1 Å². The number of aliphatic imine (C=N–C) groups is 1. The van der Waals surface area contributed by atoms with Gasteiger partial charge in [0.2, 0.25) is 5.76 Å². The van der Waals surface area contributed by atoms with Gasteiger partial charge in [0, 0.05) is 30.3 Å². The van der Waals surface area contributed by atoms with Gasteiger partial charge in [-0.05, 0) is 41.3 Å². The molecule has 0 saturated carbocycles. The number of urea groups is 1. The van der Waals surface area contributed by atoms with Crippen molar-refractivity contribution >= 4 is 35.2 Å². The number of anilines is 1. The second-order valence-electron chi connectivity index (χ2n) is 7.75. The molecule has 0 fully saturated rings. The average molecular weight is 439 g/mol. The quantitative estimate of drug-likeness (QED) is 0.742. The number of rotatable bonds is 5. The Hall–Kier alpha value is -3.32. The molecule has 0 saturated heterocycles. The molecule has 2 aromatic carbocycles. The zero-order valence-electron chi connectivity index (χ0n) is 17.3. The van der Waals surface area contributed by atoms with E-state index in [0.29, 0.717) is 36.3 Å². The van der Waals surface area contributed by atoms with E-state index in [9.17, 15) is 9.59 Å². The summed E-state index contributed by atoms with van der Waals surface area (Å²) in [5.74, 6) is 0.124. The first-order chi connectivity index (χ1) is 14.9. The molecule has 31 heavy (non-hydrogen) atoms. The van der Waals surface area contributed by atoms with E-state index in [1.807, 2.05) is 42.5 Å². The topological polar surface area (TPSA) is 74.2 Å². The Bertz CT molecular complexity index is 1060. The highest BCUT2D eigenvalue weighted by molar-refractivity contribution is 6.30. The summed E-state index contributed by atoms with van der Waals surface area (Å²) in [6.07, 6.45) is 1.58. The van der Waals surface area contributed by atoms with Crippen LogP contribution in [0.5, 0.6) is 0 Å². The summed E-state index contributed by atoms with van der Waals surface area (Å²) in [6.45, 7) is 5.52. The Kier molecular flexibility index (Phi) is 5.95. The fourth-order valence-electron chi connectivity index (χ4n) is 3.36. The summed E-state index contributed by atoms with van der Waals surface area (Å²) in [6, 6.07) is 14.7. The second kappa shape index (κ2) is 8.81. The molecular formula is C23H23ClN4O3. The maximum atomic E-state index is 12.6. The third-order valence-corrected chi connectivity index (χ3v) is 5.35. The van der Waals surface area contributed by atoms with Gasteiger partial charge < -0.3 is 15.0 Å². The highest BCUT2D eigenvalue weighted by Crippen LogP contribution is 2.22. The predicted molar refractivity (Wildman–Crippen MR) is 120 cm³/mol. The van der Waals surface area contributed by atoms with Gasteiger partial charge in [-0.3, -0.25) is 9.69 Å². The fraction of sp³-hybridized carbons (Fsp3) is 0.261. The number of halogens is 1. The lowest BCUT2D eigenvalue weighted by Gasteiger charge is -2.19. The van der Waals surface area contributed by atoms with Crippen LogP contribution in [-0.4, -0.2) is 40.8 Å². The lowest BCUT2D eigenvalue weighted by Crippen LogP contribution is -2.31. The van der Waals surface area contributed by atoms with Gasteiger partial charge in [-0.15, -0.1) is 4.99 Å². The number of carbonyl (C=O) groups excluding carboxylic acids is 2. The third-order valence-electron chi connectivity index (χ3n) is 5.11. The minimum absolute atomic E-state index is 0.0998. The SMILES string of the molecule is CC(C)c1ccc(NC(=O)C2=CN3CCN(Cc4cccc(Cl)c4)C(=O)N=C3O2)cc1.